The summed E-state index contributed by atoms with van der Waals surface area (Å²) in [5.41, 5.74) is 3.67. The van der Waals surface area contributed by atoms with Gasteiger partial charge in [0.2, 0.25) is 0 Å². The quantitative estimate of drug-likeness (QED) is 0.157. The number of hydrogen-bond donors (Lipinski definition) is 1. The molecule has 208 valence electrons. The number of carbonyl (C=O) groups is 2. The summed E-state index contributed by atoms with van der Waals surface area (Å²) in [5.74, 6) is 0.538. The number of hydrogen-bond acceptors (Lipinski definition) is 6. The van der Waals surface area contributed by atoms with Crippen LogP contribution >= 0.6 is 0 Å². The van der Waals surface area contributed by atoms with E-state index >= 15 is 0 Å². The van der Waals surface area contributed by atoms with E-state index in [1.165, 1.54) is 4.90 Å². The number of imide groups is 1. The summed E-state index contributed by atoms with van der Waals surface area (Å²) >= 11 is 0. The van der Waals surface area contributed by atoms with Crippen LogP contribution in [-0.4, -0.2) is 66.4 Å². The normalized spacial score (nSPS) is 15.5. The van der Waals surface area contributed by atoms with Gasteiger partial charge in [-0.25, -0.2) is 4.98 Å². The minimum absolute atomic E-state index is 0.110. The molecule has 2 radical (unpaired) electrons. The van der Waals surface area contributed by atoms with E-state index < -0.39 is 14.4 Å². The molecule has 0 aliphatic carbocycles. The average molecular weight is 557 g/mol. The second-order valence-corrected chi connectivity index (χ2v) is 16.3. The van der Waals surface area contributed by atoms with E-state index in [1.807, 2.05) is 50.6 Å². The van der Waals surface area contributed by atoms with Crippen LogP contribution in [0.3, 0.4) is 0 Å². The Kier molecular flexibility index (Phi) is 8.51. The highest BCUT2D eigenvalue weighted by Crippen LogP contribution is 2.43. The number of rotatable bonds is 11. The molecule has 3 aromatic rings. The zero-order chi connectivity index (χ0) is 29.2. The molecular formula is C30H37BN4O4Si. The van der Waals surface area contributed by atoms with Gasteiger partial charge in [0, 0.05) is 24.7 Å². The van der Waals surface area contributed by atoms with E-state index in [-0.39, 0.29) is 29.3 Å². The number of imidazole rings is 1. The highest BCUT2D eigenvalue weighted by molar-refractivity contribution is 6.72. The molecule has 0 fully saturated rings. The summed E-state index contributed by atoms with van der Waals surface area (Å²) < 4.78 is 6.61. The van der Waals surface area contributed by atoms with Crippen LogP contribution in [0.2, 0.25) is 18.1 Å². The molecule has 2 aromatic carbocycles. The molecule has 0 spiro atoms. The molecular weight excluding hydrogens is 519 g/mol. The molecule has 2 amide bonds. The van der Waals surface area contributed by atoms with Crippen molar-refractivity contribution in [3.8, 4) is 11.3 Å². The predicted molar refractivity (Wildman–Crippen MR) is 160 cm³/mol. The summed E-state index contributed by atoms with van der Waals surface area (Å²) in [4.78, 5) is 47.0. The van der Waals surface area contributed by atoms with Crippen molar-refractivity contribution in [3.05, 3.63) is 77.2 Å². The molecule has 1 aromatic heterocycles. The van der Waals surface area contributed by atoms with E-state index in [9.17, 15) is 14.4 Å². The van der Waals surface area contributed by atoms with Gasteiger partial charge in [-0.2, -0.15) is 0 Å². The topological polar surface area (TPSA) is 97.0 Å². The minimum Gasteiger partial charge on any atom is -0.560 e. The van der Waals surface area contributed by atoms with Crippen molar-refractivity contribution in [2.45, 2.75) is 63.7 Å². The Labute approximate surface area is 238 Å². The standard InChI is InChI=1S/C30H37BN4O4Si/c1-20(16-30(2,3)40(5,6)38)27-33-26(18-34(27)4)22-13-11-21(12-14-22)15-23(32-19-39-31)17-35-28(36)24-9-7-8-10-25(24)29(35)37/h7-14,18-20,23,38H,15-17H2,1-6H3. The highest BCUT2D eigenvalue weighted by Gasteiger charge is 2.40. The van der Waals surface area contributed by atoms with Gasteiger partial charge in [0.25, 0.3) is 11.8 Å². The molecule has 40 heavy (non-hydrogen) atoms. The lowest BCUT2D eigenvalue weighted by Gasteiger charge is -2.36. The Hall–Kier alpha value is -3.50. The second-order valence-electron chi connectivity index (χ2n) is 11.9. The molecule has 0 saturated heterocycles. The first-order valence-corrected chi connectivity index (χ1v) is 16.4. The van der Waals surface area contributed by atoms with Crippen LogP contribution in [0.4, 0.5) is 0 Å². The molecule has 1 aliphatic heterocycles. The van der Waals surface area contributed by atoms with Gasteiger partial charge in [0.1, 0.15) is 5.82 Å². The summed E-state index contributed by atoms with van der Waals surface area (Å²) in [6.45, 7) is 10.5. The van der Waals surface area contributed by atoms with E-state index in [0.717, 1.165) is 35.5 Å². The number of carbonyl (C=O) groups excluding carboxylic acids is 2. The molecule has 2 unspecified atom stereocenters. The molecule has 0 saturated carbocycles. The van der Waals surface area contributed by atoms with E-state index in [4.69, 9.17) is 13.0 Å². The Balaban J connectivity index is 1.47. The fourth-order valence-electron chi connectivity index (χ4n) is 5.17. The number of benzene rings is 2. The second kappa shape index (κ2) is 11.5. The first-order valence-electron chi connectivity index (χ1n) is 13.5. The predicted octanol–water partition coefficient (Wildman–Crippen LogP) is 4.89. The van der Waals surface area contributed by atoms with Crippen LogP contribution in [0.1, 0.15) is 65.2 Å². The lowest BCUT2D eigenvalue weighted by atomic mass is 9.97. The van der Waals surface area contributed by atoms with Gasteiger partial charge in [-0.3, -0.25) is 19.5 Å². The molecule has 8 nitrogen and oxygen atoms in total. The molecule has 1 aliphatic rings. The van der Waals surface area contributed by atoms with Gasteiger partial charge in [-0.15, -0.1) is 0 Å². The van der Waals surface area contributed by atoms with E-state index in [2.05, 4.69) is 35.0 Å². The fraction of sp³-hybridized carbons (Fsp3) is 0.400. The molecule has 2 heterocycles. The lowest BCUT2D eigenvalue weighted by Crippen LogP contribution is -2.39. The largest absolute Gasteiger partial charge is 0.560 e. The van der Waals surface area contributed by atoms with Crippen molar-refractivity contribution in [3.63, 3.8) is 0 Å². The van der Waals surface area contributed by atoms with Gasteiger partial charge >= 0.3 is 8.05 Å². The highest BCUT2D eigenvalue weighted by atomic mass is 28.4. The molecule has 4 rings (SSSR count). The van der Waals surface area contributed by atoms with Crippen molar-refractivity contribution in [2.24, 2.45) is 12.0 Å². The zero-order valence-electron chi connectivity index (χ0n) is 24.1. The SMILES string of the molecule is [B]OC=NC(Cc1ccc(-c2cn(C)c(C(C)CC(C)(C)[Si](C)(C)O)n2)cc1)CN1C(=O)c2ccccc2C1=O. The number of aromatic nitrogens is 2. The van der Waals surface area contributed by atoms with E-state index in [0.29, 0.717) is 17.5 Å². The maximum Gasteiger partial charge on any atom is 0.375 e. The lowest BCUT2D eigenvalue weighted by molar-refractivity contribution is 0.0645. The number of nitrogens with zero attached hydrogens (tertiary/aromatic N) is 4. The van der Waals surface area contributed by atoms with Crippen molar-refractivity contribution >= 4 is 34.6 Å². The summed E-state index contributed by atoms with van der Waals surface area (Å²) in [6, 6.07) is 14.4. The van der Waals surface area contributed by atoms with Crippen LogP contribution < -0.4 is 0 Å². The maximum absolute atomic E-state index is 12.9. The monoisotopic (exact) mass is 556 g/mol. The average Bonchev–Trinajstić information content (AvgIpc) is 3.40. The number of aliphatic imine (C=N–C) groups is 1. The van der Waals surface area contributed by atoms with Crippen LogP contribution in [0.25, 0.3) is 11.3 Å². The van der Waals surface area contributed by atoms with Gasteiger partial charge in [0.05, 0.1) is 29.4 Å². The Morgan fingerprint density at radius 2 is 1.70 bits per heavy atom. The first-order chi connectivity index (χ1) is 18.8. The summed E-state index contributed by atoms with van der Waals surface area (Å²) in [5, 5.41) is -0.138. The van der Waals surface area contributed by atoms with Gasteiger partial charge in [-0.1, -0.05) is 57.2 Å². The Morgan fingerprint density at radius 1 is 1.10 bits per heavy atom. The minimum atomic E-state index is -2.32. The van der Waals surface area contributed by atoms with E-state index in [1.54, 1.807) is 24.3 Å². The maximum atomic E-state index is 12.9. The van der Waals surface area contributed by atoms with Crippen molar-refractivity contribution in [1.29, 1.82) is 0 Å². The Morgan fingerprint density at radius 3 is 2.25 bits per heavy atom. The summed E-state index contributed by atoms with van der Waals surface area (Å²) in [6.07, 6.45) is 4.50. The zero-order valence-corrected chi connectivity index (χ0v) is 25.1. The molecule has 10 heteroatoms. The third-order valence-corrected chi connectivity index (χ3v) is 11.7. The summed E-state index contributed by atoms with van der Waals surface area (Å²) in [7, 11) is 4.84. The van der Waals surface area contributed by atoms with Gasteiger partial charge < -0.3 is 14.0 Å². The van der Waals surface area contributed by atoms with Gasteiger partial charge in [0.15, 0.2) is 14.7 Å². The number of aryl methyl sites for hydroxylation is 1. The van der Waals surface area contributed by atoms with Crippen molar-refractivity contribution in [2.75, 3.05) is 6.54 Å². The van der Waals surface area contributed by atoms with Crippen LogP contribution in [0, 0.1) is 0 Å². The number of fused-ring (bicyclic) bond motifs is 1. The fourth-order valence-corrected chi connectivity index (χ4v) is 5.97. The third-order valence-electron chi connectivity index (χ3n) is 8.15. The van der Waals surface area contributed by atoms with Crippen molar-refractivity contribution in [1.82, 2.24) is 14.5 Å². The van der Waals surface area contributed by atoms with Crippen molar-refractivity contribution < 1.29 is 19.0 Å². The van der Waals surface area contributed by atoms with Crippen LogP contribution in [0.5, 0.6) is 0 Å². The van der Waals surface area contributed by atoms with Crippen LogP contribution in [0.15, 0.2) is 59.7 Å². The third kappa shape index (κ3) is 6.13. The first kappa shape index (κ1) is 29.5. The smallest absolute Gasteiger partial charge is 0.375 e. The molecule has 2 atom stereocenters. The Bertz CT molecular complexity index is 1380. The van der Waals surface area contributed by atoms with Crippen LogP contribution in [-0.2, 0) is 18.1 Å². The molecule has 1 N–H and O–H groups in total. The number of amides is 2. The van der Waals surface area contributed by atoms with Gasteiger partial charge in [-0.05, 0) is 48.7 Å². The molecule has 0 bridgehead atoms.